The second kappa shape index (κ2) is 10.3. The van der Waals surface area contributed by atoms with E-state index in [2.05, 4.69) is 61.0 Å². The van der Waals surface area contributed by atoms with Crippen LogP contribution in [0.1, 0.15) is 43.4 Å². The van der Waals surface area contributed by atoms with Crippen LogP contribution in [0, 0.1) is 13.8 Å². The van der Waals surface area contributed by atoms with Gasteiger partial charge in [-0.1, -0.05) is 32.0 Å². The fourth-order valence-corrected chi connectivity index (χ4v) is 5.79. The second-order valence-electron chi connectivity index (χ2n) is 9.26. The number of hydrogen-bond acceptors (Lipinski definition) is 6. The van der Waals surface area contributed by atoms with Crippen molar-refractivity contribution >= 4 is 15.8 Å². The van der Waals surface area contributed by atoms with Gasteiger partial charge in [0.15, 0.2) is 5.82 Å². The third kappa shape index (κ3) is 5.33. The van der Waals surface area contributed by atoms with Crippen LogP contribution in [0.5, 0.6) is 5.75 Å². The third-order valence-corrected chi connectivity index (χ3v) is 8.49. The number of benzene rings is 2. The summed E-state index contributed by atoms with van der Waals surface area (Å²) in [4.78, 5) is 2.33. The fraction of sp³-hybridized carbons (Fsp3) is 0.407. The van der Waals surface area contributed by atoms with Crippen LogP contribution in [-0.2, 0) is 10.0 Å². The van der Waals surface area contributed by atoms with Crippen LogP contribution in [0.15, 0.2) is 53.4 Å². The van der Waals surface area contributed by atoms with Gasteiger partial charge in [0, 0.05) is 31.7 Å². The Bertz CT molecular complexity index is 1280. The number of ether oxygens (including phenoxy) is 1. The highest BCUT2D eigenvalue weighted by Crippen LogP contribution is 2.31. The topological polar surface area (TPSA) is 75.6 Å². The number of hydrogen-bond donors (Lipinski definition) is 0. The summed E-state index contributed by atoms with van der Waals surface area (Å²) in [6, 6.07) is 15.7. The highest BCUT2D eigenvalue weighted by atomic mass is 32.2. The van der Waals surface area contributed by atoms with E-state index in [4.69, 9.17) is 4.74 Å². The van der Waals surface area contributed by atoms with Crippen molar-refractivity contribution in [2.75, 3.05) is 37.7 Å². The van der Waals surface area contributed by atoms with Crippen molar-refractivity contribution in [2.45, 2.75) is 45.4 Å². The molecular formula is C27H34N4O3S. The minimum Gasteiger partial charge on any atom is -0.492 e. The van der Waals surface area contributed by atoms with Crippen LogP contribution < -0.4 is 9.64 Å². The predicted molar refractivity (Wildman–Crippen MR) is 140 cm³/mol. The summed E-state index contributed by atoms with van der Waals surface area (Å²) in [6.07, 6.45) is 0. The van der Waals surface area contributed by atoms with Crippen molar-refractivity contribution in [3.05, 3.63) is 65.2 Å². The molecule has 0 amide bonds. The van der Waals surface area contributed by atoms with Crippen LogP contribution >= 0.6 is 0 Å². The first-order valence-corrected chi connectivity index (χ1v) is 13.6. The van der Waals surface area contributed by atoms with Gasteiger partial charge in [-0.25, -0.2) is 8.42 Å². The molecule has 1 aliphatic heterocycles. The van der Waals surface area contributed by atoms with Gasteiger partial charge in [-0.15, -0.1) is 10.2 Å². The lowest BCUT2D eigenvalue weighted by molar-refractivity contribution is 0.327. The van der Waals surface area contributed by atoms with Gasteiger partial charge in [-0.05, 0) is 73.7 Å². The number of aryl methyl sites for hydroxylation is 2. The number of nitrogens with zero attached hydrogens (tertiary/aromatic N) is 4. The minimum absolute atomic E-state index is 0.224. The molecular weight excluding hydrogens is 460 g/mol. The molecule has 0 saturated carbocycles. The van der Waals surface area contributed by atoms with Gasteiger partial charge in [0.1, 0.15) is 10.6 Å². The van der Waals surface area contributed by atoms with E-state index in [0.717, 1.165) is 22.6 Å². The number of rotatable bonds is 7. The van der Waals surface area contributed by atoms with Crippen LogP contribution in [-0.4, -0.2) is 55.7 Å². The number of piperazine rings is 1. The van der Waals surface area contributed by atoms with E-state index in [0.29, 0.717) is 38.5 Å². The lowest BCUT2D eigenvalue weighted by Crippen LogP contribution is -2.49. The van der Waals surface area contributed by atoms with Gasteiger partial charge >= 0.3 is 0 Å². The Morgan fingerprint density at radius 1 is 0.914 bits per heavy atom. The highest BCUT2D eigenvalue weighted by Gasteiger charge is 2.32. The first kappa shape index (κ1) is 25.1. The molecule has 3 aromatic rings. The Morgan fingerprint density at radius 2 is 1.66 bits per heavy atom. The van der Waals surface area contributed by atoms with Gasteiger partial charge in [-0.3, -0.25) is 0 Å². The molecule has 0 bridgehead atoms. The van der Waals surface area contributed by atoms with Crippen molar-refractivity contribution in [2.24, 2.45) is 0 Å². The standard InChI is InChI=1S/C27H34N4O3S/c1-6-34-25-11-9-22(19(2)3)18-26(25)35(32,33)31-15-13-30(14-16-31)27-12-10-24(28-29-27)23-8-7-20(4)21(5)17-23/h7-12,17-19H,6,13-16H2,1-5H3. The number of sulfonamides is 1. The average molecular weight is 495 g/mol. The zero-order valence-electron chi connectivity index (χ0n) is 21.2. The van der Waals surface area contributed by atoms with Crippen LogP contribution in [0.3, 0.4) is 0 Å². The highest BCUT2D eigenvalue weighted by molar-refractivity contribution is 7.89. The summed E-state index contributed by atoms with van der Waals surface area (Å²) < 4.78 is 34.3. The molecule has 0 atom stereocenters. The lowest BCUT2D eigenvalue weighted by atomic mass is 10.0. The van der Waals surface area contributed by atoms with E-state index in [9.17, 15) is 8.42 Å². The summed E-state index contributed by atoms with van der Waals surface area (Å²) in [5, 5.41) is 8.86. The zero-order chi connectivity index (χ0) is 25.2. The van der Waals surface area contributed by atoms with E-state index in [1.165, 1.54) is 11.1 Å². The van der Waals surface area contributed by atoms with E-state index >= 15 is 0 Å². The molecule has 8 heteroatoms. The second-order valence-corrected chi connectivity index (χ2v) is 11.2. The Balaban J connectivity index is 1.48. The summed E-state index contributed by atoms with van der Waals surface area (Å²) in [5.41, 5.74) is 5.31. The average Bonchev–Trinajstić information content (AvgIpc) is 2.86. The molecule has 1 fully saturated rings. The van der Waals surface area contributed by atoms with Crippen molar-refractivity contribution in [1.29, 1.82) is 0 Å². The monoisotopic (exact) mass is 494 g/mol. The molecule has 1 saturated heterocycles. The maximum Gasteiger partial charge on any atom is 0.246 e. The van der Waals surface area contributed by atoms with E-state index in [1.54, 1.807) is 16.4 Å². The Kier molecular flexibility index (Phi) is 7.42. The number of aromatic nitrogens is 2. The van der Waals surface area contributed by atoms with E-state index < -0.39 is 10.0 Å². The van der Waals surface area contributed by atoms with Crippen LogP contribution in [0.2, 0.25) is 0 Å². The first-order chi connectivity index (χ1) is 16.7. The molecule has 2 heterocycles. The Labute approximate surface area is 208 Å². The number of anilines is 1. The van der Waals surface area contributed by atoms with Crippen LogP contribution in [0.25, 0.3) is 11.3 Å². The molecule has 1 aliphatic rings. The van der Waals surface area contributed by atoms with Crippen molar-refractivity contribution in [3.8, 4) is 17.0 Å². The SMILES string of the molecule is CCOc1ccc(C(C)C)cc1S(=O)(=O)N1CCN(c2ccc(-c3ccc(C)c(C)c3)nn2)CC1. The summed E-state index contributed by atoms with van der Waals surface area (Å²) in [7, 11) is -3.68. The van der Waals surface area contributed by atoms with Gasteiger partial charge < -0.3 is 9.64 Å². The summed E-state index contributed by atoms with van der Waals surface area (Å²) in [6.45, 7) is 12.4. The molecule has 7 nitrogen and oxygen atoms in total. The first-order valence-electron chi connectivity index (χ1n) is 12.1. The molecule has 0 unspecified atom stereocenters. The Morgan fingerprint density at radius 3 is 2.26 bits per heavy atom. The largest absolute Gasteiger partial charge is 0.492 e. The van der Waals surface area contributed by atoms with E-state index in [-0.39, 0.29) is 10.8 Å². The van der Waals surface area contributed by atoms with Gasteiger partial charge in [-0.2, -0.15) is 4.31 Å². The predicted octanol–water partition coefficient (Wildman–Crippen LogP) is 4.79. The molecule has 0 spiro atoms. The summed E-state index contributed by atoms with van der Waals surface area (Å²) >= 11 is 0. The molecule has 1 aromatic heterocycles. The molecule has 2 aromatic carbocycles. The van der Waals surface area contributed by atoms with Gasteiger partial charge in [0.25, 0.3) is 0 Å². The fourth-order valence-electron chi connectivity index (χ4n) is 4.21. The van der Waals surface area contributed by atoms with Crippen LogP contribution in [0.4, 0.5) is 5.82 Å². The third-order valence-electron chi connectivity index (χ3n) is 6.57. The smallest absolute Gasteiger partial charge is 0.246 e. The molecule has 0 aliphatic carbocycles. The molecule has 35 heavy (non-hydrogen) atoms. The molecule has 0 radical (unpaired) electrons. The molecule has 0 N–H and O–H groups in total. The van der Waals surface area contributed by atoms with Gasteiger partial charge in [0.2, 0.25) is 10.0 Å². The minimum atomic E-state index is -3.68. The zero-order valence-corrected chi connectivity index (χ0v) is 22.0. The normalized spacial score (nSPS) is 15.0. The van der Waals surface area contributed by atoms with Crippen molar-refractivity contribution in [3.63, 3.8) is 0 Å². The van der Waals surface area contributed by atoms with E-state index in [1.807, 2.05) is 25.1 Å². The molecule has 186 valence electrons. The van der Waals surface area contributed by atoms with Gasteiger partial charge in [0.05, 0.1) is 12.3 Å². The molecule has 4 rings (SSSR count). The van der Waals surface area contributed by atoms with Crippen molar-refractivity contribution < 1.29 is 13.2 Å². The maximum atomic E-state index is 13.6. The lowest BCUT2D eigenvalue weighted by Gasteiger charge is -2.34. The maximum absolute atomic E-state index is 13.6. The Hall–Kier alpha value is -2.97. The van der Waals surface area contributed by atoms with Crippen molar-refractivity contribution in [1.82, 2.24) is 14.5 Å². The summed E-state index contributed by atoms with van der Waals surface area (Å²) in [5.74, 6) is 1.39. The quantitative estimate of drug-likeness (QED) is 0.470.